The van der Waals surface area contributed by atoms with E-state index in [1.54, 1.807) is 0 Å². The highest BCUT2D eigenvalue weighted by molar-refractivity contribution is 5.09. The van der Waals surface area contributed by atoms with Crippen LogP contribution in [0, 0.1) is 0 Å². The van der Waals surface area contributed by atoms with Crippen molar-refractivity contribution in [3.63, 3.8) is 0 Å². The van der Waals surface area contributed by atoms with Crippen molar-refractivity contribution in [2.75, 3.05) is 13.7 Å². The molecule has 2 unspecified atom stereocenters. The summed E-state index contributed by atoms with van der Waals surface area (Å²) in [5, 5.41) is 3.43. The number of nitrogens with one attached hydrogen (secondary N) is 1. The minimum Gasteiger partial charge on any atom is -0.378 e. The summed E-state index contributed by atoms with van der Waals surface area (Å²) in [7, 11) is 2.06. The molecular formula is C15H24N2O. The first-order valence-corrected chi connectivity index (χ1v) is 7.06. The van der Waals surface area contributed by atoms with Crippen molar-refractivity contribution in [1.82, 2.24) is 10.3 Å². The maximum atomic E-state index is 5.67. The quantitative estimate of drug-likeness (QED) is 0.805. The Labute approximate surface area is 110 Å². The number of pyridine rings is 1. The highest BCUT2D eigenvalue weighted by atomic mass is 16.5. The average molecular weight is 248 g/mol. The third-order valence-electron chi connectivity index (χ3n) is 3.80. The van der Waals surface area contributed by atoms with Crippen molar-refractivity contribution in [3.8, 4) is 0 Å². The number of ether oxygens (including phenoxy) is 1. The molecule has 1 aliphatic heterocycles. The fourth-order valence-corrected chi connectivity index (χ4v) is 2.58. The molecule has 3 nitrogen and oxygen atoms in total. The molecule has 0 radical (unpaired) electrons. The maximum absolute atomic E-state index is 5.67. The van der Waals surface area contributed by atoms with Crippen molar-refractivity contribution in [2.45, 2.75) is 50.7 Å². The minimum absolute atomic E-state index is 0.516. The first-order chi connectivity index (χ1) is 8.88. The van der Waals surface area contributed by atoms with Gasteiger partial charge in [0.15, 0.2) is 0 Å². The Balaban J connectivity index is 1.68. The van der Waals surface area contributed by atoms with Crippen molar-refractivity contribution in [3.05, 3.63) is 30.1 Å². The lowest BCUT2D eigenvalue weighted by Gasteiger charge is -2.18. The molecule has 1 aromatic rings. The third-order valence-corrected chi connectivity index (χ3v) is 3.80. The van der Waals surface area contributed by atoms with Crippen LogP contribution < -0.4 is 5.32 Å². The van der Waals surface area contributed by atoms with E-state index in [-0.39, 0.29) is 0 Å². The Morgan fingerprint density at radius 2 is 2.22 bits per heavy atom. The molecule has 1 N–H and O–H groups in total. The van der Waals surface area contributed by atoms with Crippen LogP contribution in [0.5, 0.6) is 0 Å². The molecule has 2 atom stereocenters. The lowest BCUT2D eigenvalue weighted by Crippen LogP contribution is -2.27. The predicted octanol–water partition coefficient (Wildman–Crippen LogP) is 2.56. The molecule has 0 amide bonds. The van der Waals surface area contributed by atoms with E-state index in [0.29, 0.717) is 12.1 Å². The van der Waals surface area contributed by atoms with Gasteiger partial charge >= 0.3 is 0 Å². The molecule has 0 aromatic carbocycles. The van der Waals surface area contributed by atoms with E-state index in [9.17, 15) is 0 Å². The van der Waals surface area contributed by atoms with Gasteiger partial charge < -0.3 is 10.1 Å². The van der Waals surface area contributed by atoms with Crippen LogP contribution in [0.25, 0.3) is 0 Å². The molecule has 100 valence electrons. The SMILES string of the molecule is CNC(CCc1ccncc1)CCC1CCCO1. The lowest BCUT2D eigenvalue weighted by molar-refractivity contribution is 0.0995. The summed E-state index contributed by atoms with van der Waals surface area (Å²) in [5.74, 6) is 0. The summed E-state index contributed by atoms with van der Waals surface area (Å²) in [4.78, 5) is 4.05. The fourth-order valence-electron chi connectivity index (χ4n) is 2.58. The number of aromatic nitrogens is 1. The molecule has 2 heterocycles. The van der Waals surface area contributed by atoms with Crippen LogP contribution in [0.4, 0.5) is 0 Å². The van der Waals surface area contributed by atoms with E-state index in [2.05, 4.69) is 29.5 Å². The van der Waals surface area contributed by atoms with E-state index < -0.39 is 0 Å². The Kier molecular flexibility index (Phi) is 5.62. The summed E-state index contributed by atoms with van der Waals surface area (Å²) >= 11 is 0. The van der Waals surface area contributed by atoms with Gasteiger partial charge in [-0.05, 0) is 63.3 Å². The number of rotatable bonds is 7. The van der Waals surface area contributed by atoms with Crippen molar-refractivity contribution < 1.29 is 4.74 Å². The second-order valence-electron chi connectivity index (χ2n) is 5.09. The van der Waals surface area contributed by atoms with Crippen molar-refractivity contribution in [1.29, 1.82) is 0 Å². The van der Waals surface area contributed by atoms with Crippen molar-refractivity contribution in [2.24, 2.45) is 0 Å². The predicted molar refractivity (Wildman–Crippen MR) is 73.6 cm³/mol. The number of hydrogen-bond acceptors (Lipinski definition) is 3. The van der Waals surface area contributed by atoms with Gasteiger partial charge in [-0.2, -0.15) is 0 Å². The highest BCUT2D eigenvalue weighted by Gasteiger charge is 2.17. The third kappa shape index (κ3) is 4.39. The monoisotopic (exact) mass is 248 g/mol. The Morgan fingerprint density at radius 1 is 1.39 bits per heavy atom. The smallest absolute Gasteiger partial charge is 0.0576 e. The topological polar surface area (TPSA) is 34.2 Å². The van der Waals surface area contributed by atoms with Gasteiger partial charge in [0, 0.05) is 25.0 Å². The number of nitrogens with zero attached hydrogens (tertiary/aromatic N) is 1. The summed E-state index contributed by atoms with van der Waals surface area (Å²) in [6, 6.07) is 4.81. The standard InChI is InChI=1S/C15H24N2O/c1-16-14(6-7-15-3-2-12-18-15)5-4-13-8-10-17-11-9-13/h8-11,14-16H,2-7,12H2,1H3. The molecule has 3 heteroatoms. The second-order valence-corrected chi connectivity index (χ2v) is 5.09. The fraction of sp³-hybridized carbons (Fsp3) is 0.667. The summed E-state index contributed by atoms with van der Waals surface area (Å²) in [6.07, 6.45) is 11.5. The Bertz CT molecular complexity index is 323. The molecule has 1 aromatic heterocycles. The van der Waals surface area contributed by atoms with Crippen LogP contribution in [0.1, 0.15) is 37.7 Å². The Morgan fingerprint density at radius 3 is 2.89 bits per heavy atom. The zero-order valence-corrected chi connectivity index (χ0v) is 11.3. The molecule has 0 aliphatic carbocycles. The van der Waals surface area contributed by atoms with Gasteiger partial charge in [-0.3, -0.25) is 4.98 Å². The van der Waals surface area contributed by atoms with E-state index in [1.807, 2.05) is 12.4 Å². The summed E-state index contributed by atoms with van der Waals surface area (Å²) < 4.78 is 5.67. The zero-order chi connectivity index (χ0) is 12.6. The van der Waals surface area contributed by atoms with Gasteiger partial charge in [0.2, 0.25) is 0 Å². The van der Waals surface area contributed by atoms with Crippen LogP contribution in [0.15, 0.2) is 24.5 Å². The second kappa shape index (κ2) is 7.49. The van der Waals surface area contributed by atoms with E-state index >= 15 is 0 Å². The first kappa shape index (κ1) is 13.5. The molecular weight excluding hydrogens is 224 g/mol. The first-order valence-electron chi connectivity index (χ1n) is 7.06. The number of aryl methyl sites for hydroxylation is 1. The highest BCUT2D eigenvalue weighted by Crippen LogP contribution is 2.19. The van der Waals surface area contributed by atoms with Crippen LogP contribution >= 0.6 is 0 Å². The van der Waals surface area contributed by atoms with Crippen LogP contribution in [-0.4, -0.2) is 30.8 Å². The lowest BCUT2D eigenvalue weighted by atomic mass is 10.00. The van der Waals surface area contributed by atoms with Crippen LogP contribution in [0.3, 0.4) is 0 Å². The van der Waals surface area contributed by atoms with Gasteiger partial charge in [-0.25, -0.2) is 0 Å². The molecule has 1 saturated heterocycles. The molecule has 1 aliphatic rings. The van der Waals surface area contributed by atoms with Gasteiger partial charge in [0.1, 0.15) is 0 Å². The molecule has 0 saturated carbocycles. The largest absolute Gasteiger partial charge is 0.378 e. The van der Waals surface area contributed by atoms with Crippen LogP contribution in [0.2, 0.25) is 0 Å². The van der Waals surface area contributed by atoms with Gasteiger partial charge in [0.05, 0.1) is 6.10 Å². The van der Waals surface area contributed by atoms with E-state index in [4.69, 9.17) is 4.74 Å². The van der Waals surface area contributed by atoms with Gasteiger partial charge in [-0.1, -0.05) is 0 Å². The van der Waals surface area contributed by atoms with Crippen LogP contribution in [-0.2, 0) is 11.2 Å². The molecule has 2 rings (SSSR count). The molecule has 1 fully saturated rings. The summed E-state index contributed by atoms with van der Waals surface area (Å²) in [5.41, 5.74) is 1.38. The molecule has 0 spiro atoms. The van der Waals surface area contributed by atoms with E-state index in [0.717, 1.165) is 13.0 Å². The molecule has 18 heavy (non-hydrogen) atoms. The maximum Gasteiger partial charge on any atom is 0.0576 e. The van der Waals surface area contributed by atoms with Gasteiger partial charge in [0.25, 0.3) is 0 Å². The molecule has 0 bridgehead atoms. The van der Waals surface area contributed by atoms with Gasteiger partial charge in [-0.15, -0.1) is 0 Å². The zero-order valence-electron chi connectivity index (χ0n) is 11.3. The normalized spacial score (nSPS) is 21.1. The average Bonchev–Trinajstić information content (AvgIpc) is 2.93. The van der Waals surface area contributed by atoms with E-state index in [1.165, 1.54) is 37.7 Å². The summed E-state index contributed by atoms with van der Waals surface area (Å²) in [6.45, 7) is 0.964. The van der Waals surface area contributed by atoms with Crippen molar-refractivity contribution >= 4 is 0 Å². The Hall–Kier alpha value is -0.930. The number of hydrogen-bond donors (Lipinski definition) is 1. The minimum atomic E-state index is 0.516.